The van der Waals surface area contributed by atoms with E-state index in [1.807, 2.05) is 42.5 Å². The first kappa shape index (κ1) is 19.5. The minimum absolute atomic E-state index is 0.180. The number of para-hydroxylation sites is 1. The van der Waals surface area contributed by atoms with Gasteiger partial charge in [-0.1, -0.05) is 39.7 Å². The summed E-state index contributed by atoms with van der Waals surface area (Å²) in [5, 5.41) is 1.06. The van der Waals surface area contributed by atoms with Gasteiger partial charge in [-0.25, -0.2) is 4.98 Å². The van der Waals surface area contributed by atoms with Crippen molar-refractivity contribution in [3.05, 3.63) is 86.1 Å². The zero-order valence-electron chi connectivity index (χ0n) is 15.4. The minimum Gasteiger partial charge on any atom is -0.496 e. The molecule has 4 rings (SSSR count). The average molecular weight is 472 g/mol. The normalized spacial score (nSPS) is 10.9. The highest BCUT2D eigenvalue weighted by molar-refractivity contribution is 9.10. The van der Waals surface area contributed by atoms with Gasteiger partial charge >= 0.3 is 0 Å². The van der Waals surface area contributed by atoms with Gasteiger partial charge in [0.15, 0.2) is 0 Å². The maximum absolute atomic E-state index is 12.4. The summed E-state index contributed by atoms with van der Waals surface area (Å²) in [5.41, 5.74) is 2.02. The molecular formula is C22H16BrClN2O3. The first-order valence-corrected chi connectivity index (χ1v) is 9.96. The standard InChI is InChI=1S/C22H16BrClN2O3/c1-28-19-8-6-13(21-25-18-5-3-2-4-16(18)22(27)26-21)10-14(19)12-29-20-9-7-15(23)11-17(20)24/h2-11H,12H2,1H3,(H,25,26,27). The fourth-order valence-corrected chi connectivity index (χ4v) is 3.74. The predicted molar refractivity (Wildman–Crippen MR) is 118 cm³/mol. The Hall–Kier alpha value is -2.83. The number of aromatic nitrogens is 2. The molecule has 0 atom stereocenters. The van der Waals surface area contributed by atoms with Gasteiger partial charge in [0.1, 0.15) is 23.9 Å². The predicted octanol–water partition coefficient (Wildman–Crippen LogP) is 5.59. The van der Waals surface area contributed by atoms with Crippen molar-refractivity contribution in [2.24, 2.45) is 0 Å². The Bertz CT molecular complexity index is 1260. The molecule has 0 radical (unpaired) electrons. The fraction of sp³-hybridized carbons (Fsp3) is 0.0909. The third kappa shape index (κ3) is 4.13. The van der Waals surface area contributed by atoms with Crippen LogP contribution in [0.25, 0.3) is 22.3 Å². The molecule has 0 unspecified atom stereocenters. The SMILES string of the molecule is COc1ccc(-c2nc3ccccc3c(=O)[nH]2)cc1COc1ccc(Br)cc1Cl. The van der Waals surface area contributed by atoms with Gasteiger partial charge in [0.05, 0.1) is 23.0 Å². The number of methoxy groups -OCH3 is 1. The minimum atomic E-state index is -0.180. The maximum atomic E-state index is 12.4. The van der Waals surface area contributed by atoms with Crippen LogP contribution in [0.15, 0.2) is 69.9 Å². The Kier molecular flexibility index (Phi) is 5.56. The molecule has 0 amide bonds. The molecule has 1 aromatic heterocycles. The average Bonchev–Trinajstić information content (AvgIpc) is 2.73. The molecule has 29 heavy (non-hydrogen) atoms. The van der Waals surface area contributed by atoms with E-state index in [0.717, 1.165) is 15.6 Å². The molecule has 146 valence electrons. The highest BCUT2D eigenvalue weighted by Gasteiger charge is 2.11. The highest BCUT2D eigenvalue weighted by Crippen LogP contribution is 2.30. The quantitative estimate of drug-likeness (QED) is 0.412. The number of H-pyrrole nitrogens is 1. The molecule has 1 N–H and O–H groups in total. The van der Waals surface area contributed by atoms with Gasteiger partial charge in [-0.3, -0.25) is 4.79 Å². The molecule has 7 heteroatoms. The van der Waals surface area contributed by atoms with Crippen LogP contribution in [0.2, 0.25) is 5.02 Å². The molecule has 5 nitrogen and oxygen atoms in total. The number of nitrogens with one attached hydrogen (secondary N) is 1. The lowest BCUT2D eigenvalue weighted by molar-refractivity contribution is 0.297. The lowest BCUT2D eigenvalue weighted by atomic mass is 10.1. The van der Waals surface area contributed by atoms with Crippen molar-refractivity contribution in [1.82, 2.24) is 9.97 Å². The van der Waals surface area contributed by atoms with Crippen LogP contribution in [0, 0.1) is 0 Å². The highest BCUT2D eigenvalue weighted by atomic mass is 79.9. The second kappa shape index (κ2) is 8.27. The number of rotatable bonds is 5. The van der Waals surface area contributed by atoms with Gasteiger partial charge in [-0.2, -0.15) is 0 Å². The molecule has 0 saturated heterocycles. The van der Waals surface area contributed by atoms with Crippen LogP contribution in [0.1, 0.15) is 5.56 Å². The van der Waals surface area contributed by atoms with E-state index in [1.54, 1.807) is 25.3 Å². The Balaban J connectivity index is 1.69. The number of aromatic amines is 1. The summed E-state index contributed by atoms with van der Waals surface area (Å²) in [6.45, 7) is 0.246. The van der Waals surface area contributed by atoms with E-state index in [9.17, 15) is 4.79 Å². The van der Waals surface area contributed by atoms with Crippen molar-refractivity contribution in [2.45, 2.75) is 6.61 Å². The van der Waals surface area contributed by atoms with Crippen molar-refractivity contribution in [1.29, 1.82) is 0 Å². The van der Waals surface area contributed by atoms with Crippen molar-refractivity contribution in [3.63, 3.8) is 0 Å². The monoisotopic (exact) mass is 470 g/mol. The molecule has 0 aliphatic rings. The van der Waals surface area contributed by atoms with E-state index in [-0.39, 0.29) is 12.2 Å². The summed E-state index contributed by atoms with van der Waals surface area (Å²) in [6, 6.07) is 18.2. The lowest BCUT2D eigenvalue weighted by Gasteiger charge is -2.13. The third-order valence-electron chi connectivity index (χ3n) is 4.44. The molecular weight excluding hydrogens is 456 g/mol. The Morgan fingerprint density at radius 2 is 1.86 bits per heavy atom. The van der Waals surface area contributed by atoms with Crippen molar-refractivity contribution >= 4 is 38.4 Å². The number of ether oxygens (including phenoxy) is 2. The zero-order valence-corrected chi connectivity index (χ0v) is 17.8. The summed E-state index contributed by atoms with van der Waals surface area (Å²) in [7, 11) is 1.60. The van der Waals surface area contributed by atoms with E-state index in [4.69, 9.17) is 21.1 Å². The van der Waals surface area contributed by atoms with Gasteiger partial charge in [0.2, 0.25) is 0 Å². The summed E-state index contributed by atoms with van der Waals surface area (Å²) >= 11 is 9.61. The largest absolute Gasteiger partial charge is 0.496 e. The van der Waals surface area contributed by atoms with E-state index in [1.165, 1.54) is 0 Å². The van der Waals surface area contributed by atoms with E-state index >= 15 is 0 Å². The Morgan fingerprint density at radius 3 is 2.66 bits per heavy atom. The zero-order chi connectivity index (χ0) is 20.4. The van der Waals surface area contributed by atoms with Crippen molar-refractivity contribution in [2.75, 3.05) is 7.11 Å². The smallest absolute Gasteiger partial charge is 0.259 e. The second-order valence-electron chi connectivity index (χ2n) is 6.32. The number of halogens is 2. The van der Waals surface area contributed by atoms with E-state index < -0.39 is 0 Å². The lowest BCUT2D eigenvalue weighted by Crippen LogP contribution is -2.09. The van der Waals surface area contributed by atoms with Crippen LogP contribution in [-0.2, 0) is 6.61 Å². The summed E-state index contributed by atoms with van der Waals surface area (Å²) < 4.78 is 12.2. The number of nitrogens with zero attached hydrogens (tertiary/aromatic N) is 1. The summed E-state index contributed by atoms with van der Waals surface area (Å²) in [4.78, 5) is 19.8. The Labute approximate surface area is 180 Å². The molecule has 0 spiro atoms. The molecule has 0 aliphatic heterocycles. The number of fused-ring (bicyclic) bond motifs is 1. The first-order chi connectivity index (χ1) is 14.0. The topological polar surface area (TPSA) is 64.2 Å². The third-order valence-corrected chi connectivity index (χ3v) is 5.23. The maximum Gasteiger partial charge on any atom is 0.259 e. The fourth-order valence-electron chi connectivity index (χ4n) is 3.01. The van der Waals surface area contributed by atoms with E-state index in [0.29, 0.717) is 33.2 Å². The molecule has 3 aromatic carbocycles. The van der Waals surface area contributed by atoms with Crippen LogP contribution >= 0.6 is 27.5 Å². The molecule has 0 aliphatic carbocycles. The first-order valence-electron chi connectivity index (χ1n) is 8.79. The Morgan fingerprint density at radius 1 is 1.07 bits per heavy atom. The molecule has 0 bridgehead atoms. The van der Waals surface area contributed by atoms with Crippen molar-refractivity contribution < 1.29 is 9.47 Å². The van der Waals surface area contributed by atoms with Gasteiger partial charge in [0.25, 0.3) is 5.56 Å². The molecule has 0 saturated carbocycles. The molecule has 1 heterocycles. The number of benzene rings is 3. The van der Waals surface area contributed by atoms with Crippen LogP contribution < -0.4 is 15.0 Å². The number of hydrogen-bond donors (Lipinski definition) is 1. The van der Waals surface area contributed by atoms with Crippen LogP contribution in [0.3, 0.4) is 0 Å². The van der Waals surface area contributed by atoms with Gasteiger partial charge in [-0.05, 0) is 48.5 Å². The second-order valence-corrected chi connectivity index (χ2v) is 7.64. The van der Waals surface area contributed by atoms with Gasteiger partial charge in [-0.15, -0.1) is 0 Å². The summed E-state index contributed by atoms with van der Waals surface area (Å²) in [5.74, 6) is 1.73. The van der Waals surface area contributed by atoms with Gasteiger partial charge < -0.3 is 14.5 Å². The van der Waals surface area contributed by atoms with E-state index in [2.05, 4.69) is 25.9 Å². The number of hydrogen-bond acceptors (Lipinski definition) is 4. The molecule has 4 aromatic rings. The summed E-state index contributed by atoms with van der Waals surface area (Å²) in [6.07, 6.45) is 0. The van der Waals surface area contributed by atoms with Crippen molar-refractivity contribution in [3.8, 4) is 22.9 Å². The van der Waals surface area contributed by atoms with Gasteiger partial charge in [0, 0.05) is 15.6 Å². The van der Waals surface area contributed by atoms with Crippen LogP contribution in [0.4, 0.5) is 0 Å². The molecule has 0 fully saturated rings. The van der Waals surface area contributed by atoms with Crippen LogP contribution in [0.5, 0.6) is 11.5 Å². The van der Waals surface area contributed by atoms with Crippen LogP contribution in [-0.4, -0.2) is 17.1 Å².